The molecule has 0 radical (unpaired) electrons. The molecule has 0 spiro atoms. The van der Waals surface area contributed by atoms with Crippen LogP contribution in [0.2, 0.25) is 0 Å². The van der Waals surface area contributed by atoms with Gasteiger partial charge < -0.3 is 15.4 Å². The lowest BCUT2D eigenvalue weighted by molar-refractivity contribution is 0.0969. The molecule has 0 amide bonds. The molecule has 0 aromatic heterocycles. The molecule has 0 bridgehead atoms. The summed E-state index contributed by atoms with van der Waals surface area (Å²) in [5.74, 6) is 0.617. The molecule has 190 valence electrons. The van der Waals surface area contributed by atoms with Crippen LogP contribution in [-0.4, -0.2) is 51.3 Å². The molecule has 33 heavy (non-hydrogen) atoms. The standard InChI is InChI=1S/C28H49N3O.ClH/c1-7-8-12-30-13-15-31(16-14-30)26-18-22(25(29)11-17-32-6)9-10-24(26)23-19-27(2,3)21-28(4,5)20-23;/h9-10,18,23,25H,7-8,11-17,19-21,29H2,1-6H3;1H. The Morgan fingerprint density at radius 3 is 2.27 bits per heavy atom. The maximum Gasteiger partial charge on any atom is 0.0480 e. The number of methoxy groups -OCH3 is 1. The van der Waals surface area contributed by atoms with Crippen molar-refractivity contribution in [3.63, 3.8) is 0 Å². The number of benzene rings is 1. The summed E-state index contributed by atoms with van der Waals surface area (Å²) in [4.78, 5) is 5.29. The van der Waals surface area contributed by atoms with Crippen molar-refractivity contribution in [3.05, 3.63) is 29.3 Å². The summed E-state index contributed by atoms with van der Waals surface area (Å²) < 4.78 is 5.29. The Hall–Kier alpha value is -0.810. The second-order valence-electron chi connectivity index (χ2n) is 12.0. The van der Waals surface area contributed by atoms with Gasteiger partial charge in [0.2, 0.25) is 0 Å². The summed E-state index contributed by atoms with van der Waals surface area (Å²) in [6, 6.07) is 7.17. The number of nitrogens with two attached hydrogens (primary N) is 1. The first-order chi connectivity index (χ1) is 15.1. The van der Waals surface area contributed by atoms with Crippen molar-refractivity contribution < 1.29 is 4.74 Å². The van der Waals surface area contributed by atoms with Crippen molar-refractivity contribution >= 4 is 18.1 Å². The van der Waals surface area contributed by atoms with Crippen LogP contribution in [0.15, 0.2) is 18.2 Å². The van der Waals surface area contributed by atoms with Gasteiger partial charge in [0.05, 0.1) is 0 Å². The molecule has 1 unspecified atom stereocenters. The Morgan fingerprint density at radius 2 is 1.70 bits per heavy atom. The topological polar surface area (TPSA) is 41.7 Å². The van der Waals surface area contributed by atoms with E-state index >= 15 is 0 Å². The van der Waals surface area contributed by atoms with Crippen LogP contribution in [0.4, 0.5) is 5.69 Å². The van der Waals surface area contributed by atoms with Gasteiger partial charge in [-0.05, 0) is 72.6 Å². The molecular weight excluding hydrogens is 430 g/mol. The van der Waals surface area contributed by atoms with E-state index in [2.05, 4.69) is 62.6 Å². The molecule has 1 aliphatic heterocycles. The van der Waals surface area contributed by atoms with Crippen LogP contribution in [0.3, 0.4) is 0 Å². The summed E-state index contributed by atoms with van der Waals surface area (Å²) in [6.07, 6.45) is 7.30. The predicted octanol–water partition coefficient (Wildman–Crippen LogP) is 6.39. The number of ether oxygens (including phenoxy) is 1. The maximum atomic E-state index is 6.56. The molecular formula is C28H50ClN3O. The van der Waals surface area contributed by atoms with E-state index in [1.807, 2.05) is 0 Å². The normalized spacial score (nSPS) is 22.1. The van der Waals surface area contributed by atoms with Crippen molar-refractivity contribution in [1.82, 2.24) is 4.90 Å². The SMILES string of the molecule is CCCCN1CCN(c2cc(C(N)CCOC)ccc2C2CC(C)(C)CC(C)(C)C2)CC1.Cl. The van der Waals surface area contributed by atoms with Gasteiger partial charge in [0.15, 0.2) is 0 Å². The molecule has 2 fully saturated rings. The van der Waals surface area contributed by atoms with E-state index in [1.165, 1.54) is 63.0 Å². The van der Waals surface area contributed by atoms with Crippen molar-refractivity contribution in [2.45, 2.75) is 85.1 Å². The number of rotatable bonds is 9. The third kappa shape index (κ3) is 7.85. The molecule has 4 nitrogen and oxygen atoms in total. The van der Waals surface area contributed by atoms with Crippen LogP contribution in [0, 0.1) is 10.8 Å². The lowest BCUT2D eigenvalue weighted by atomic mass is 9.60. The summed E-state index contributed by atoms with van der Waals surface area (Å²) in [7, 11) is 1.76. The molecule has 1 saturated heterocycles. The second kappa shape index (κ2) is 12.2. The number of nitrogens with zero attached hydrogens (tertiary/aromatic N) is 2. The van der Waals surface area contributed by atoms with Crippen molar-refractivity contribution in [3.8, 4) is 0 Å². The van der Waals surface area contributed by atoms with E-state index in [0.717, 1.165) is 19.5 Å². The van der Waals surface area contributed by atoms with E-state index in [4.69, 9.17) is 10.5 Å². The zero-order valence-electron chi connectivity index (χ0n) is 22.2. The number of hydrogen-bond acceptors (Lipinski definition) is 4. The van der Waals surface area contributed by atoms with Gasteiger partial charge in [-0.25, -0.2) is 0 Å². The van der Waals surface area contributed by atoms with Crippen LogP contribution in [-0.2, 0) is 4.74 Å². The maximum absolute atomic E-state index is 6.56. The van der Waals surface area contributed by atoms with E-state index in [9.17, 15) is 0 Å². The highest BCUT2D eigenvalue weighted by atomic mass is 35.5. The van der Waals surface area contributed by atoms with Crippen LogP contribution in [0.5, 0.6) is 0 Å². The van der Waals surface area contributed by atoms with Crippen LogP contribution >= 0.6 is 12.4 Å². The van der Waals surface area contributed by atoms with Gasteiger partial charge in [-0.3, -0.25) is 4.90 Å². The van der Waals surface area contributed by atoms with E-state index in [0.29, 0.717) is 23.4 Å². The van der Waals surface area contributed by atoms with Gasteiger partial charge in [0, 0.05) is 51.6 Å². The Kier molecular flexibility index (Phi) is 10.5. The van der Waals surface area contributed by atoms with Crippen molar-refractivity contribution in [2.75, 3.05) is 51.3 Å². The largest absolute Gasteiger partial charge is 0.385 e. The molecule has 1 saturated carbocycles. The van der Waals surface area contributed by atoms with Crippen molar-refractivity contribution in [2.24, 2.45) is 16.6 Å². The first-order valence-corrected chi connectivity index (χ1v) is 13.0. The number of unbranched alkanes of at least 4 members (excludes halogenated alkanes) is 1. The van der Waals surface area contributed by atoms with Gasteiger partial charge in [-0.15, -0.1) is 12.4 Å². The smallest absolute Gasteiger partial charge is 0.0480 e. The quantitative estimate of drug-likeness (QED) is 0.445. The number of hydrogen-bond donors (Lipinski definition) is 1. The molecule has 1 aromatic rings. The van der Waals surface area contributed by atoms with Gasteiger partial charge >= 0.3 is 0 Å². The average Bonchev–Trinajstić information content (AvgIpc) is 2.74. The monoisotopic (exact) mass is 479 g/mol. The van der Waals surface area contributed by atoms with Crippen molar-refractivity contribution in [1.29, 1.82) is 0 Å². The molecule has 1 aliphatic carbocycles. The summed E-state index contributed by atoms with van der Waals surface area (Å²) in [5, 5.41) is 0. The van der Waals surface area contributed by atoms with E-state index < -0.39 is 0 Å². The fourth-order valence-electron chi connectivity index (χ4n) is 6.48. The molecule has 1 atom stereocenters. The average molecular weight is 480 g/mol. The Morgan fingerprint density at radius 1 is 1.06 bits per heavy atom. The summed E-state index contributed by atoms with van der Waals surface area (Å²) in [5.41, 5.74) is 11.6. The third-order valence-electron chi connectivity index (χ3n) is 7.65. The molecule has 1 aromatic carbocycles. The van der Waals surface area contributed by atoms with Gasteiger partial charge in [-0.1, -0.05) is 53.2 Å². The minimum absolute atomic E-state index is 0. The summed E-state index contributed by atoms with van der Waals surface area (Å²) in [6.45, 7) is 18.6. The molecule has 2 N–H and O–H groups in total. The molecule has 2 aliphatic rings. The Labute approximate surface area is 210 Å². The first-order valence-electron chi connectivity index (χ1n) is 13.0. The number of piperazine rings is 1. The Balaban J connectivity index is 0.00000385. The minimum atomic E-state index is 0. The first kappa shape index (κ1) is 28.4. The number of halogens is 1. The fraction of sp³-hybridized carbons (Fsp3) is 0.786. The van der Waals surface area contributed by atoms with Gasteiger partial charge in [0.1, 0.15) is 0 Å². The highest BCUT2D eigenvalue weighted by Gasteiger charge is 2.40. The lowest BCUT2D eigenvalue weighted by Gasteiger charge is -2.46. The van der Waals surface area contributed by atoms with Crippen LogP contribution in [0.1, 0.15) is 96.2 Å². The minimum Gasteiger partial charge on any atom is -0.385 e. The molecule has 1 heterocycles. The van der Waals surface area contributed by atoms with E-state index in [1.54, 1.807) is 12.7 Å². The molecule has 3 rings (SSSR count). The van der Waals surface area contributed by atoms with Crippen LogP contribution in [0.25, 0.3) is 0 Å². The second-order valence-corrected chi connectivity index (χ2v) is 12.0. The highest BCUT2D eigenvalue weighted by molar-refractivity contribution is 5.85. The zero-order valence-corrected chi connectivity index (χ0v) is 23.0. The predicted molar refractivity (Wildman–Crippen MR) is 145 cm³/mol. The highest BCUT2D eigenvalue weighted by Crippen LogP contribution is 2.53. The van der Waals surface area contributed by atoms with Gasteiger partial charge in [0.25, 0.3) is 0 Å². The van der Waals surface area contributed by atoms with Crippen LogP contribution < -0.4 is 10.6 Å². The Bertz CT molecular complexity index is 712. The van der Waals surface area contributed by atoms with Gasteiger partial charge in [-0.2, -0.15) is 0 Å². The fourth-order valence-corrected chi connectivity index (χ4v) is 6.48. The lowest BCUT2D eigenvalue weighted by Crippen LogP contribution is -2.47. The molecule has 5 heteroatoms. The zero-order chi connectivity index (χ0) is 23.4. The summed E-state index contributed by atoms with van der Waals surface area (Å²) >= 11 is 0. The number of anilines is 1. The van der Waals surface area contributed by atoms with E-state index in [-0.39, 0.29) is 18.4 Å². The third-order valence-corrected chi connectivity index (χ3v) is 7.65.